The van der Waals surface area contributed by atoms with E-state index in [-0.39, 0.29) is 13.2 Å². The second kappa shape index (κ2) is 5.28. The number of aliphatic carboxylic acids is 1. The van der Waals surface area contributed by atoms with Crippen molar-refractivity contribution in [1.29, 1.82) is 0 Å². The fraction of sp³-hybridized carbons (Fsp3) is 0.750. The van der Waals surface area contributed by atoms with Gasteiger partial charge in [-0.1, -0.05) is 0 Å². The first kappa shape index (κ1) is 14.6. The van der Waals surface area contributed by atoms with Crippen molar-refractivity contribution in [2.45, 2.75) is 31.3 Å². The zero-order valence-electron chi connectivity index (χ0n) is 11.4. The maximum Gasteiger partial charge on any atom is 0.329 e. The molecule has 0 saturated carbocycles. The molecule has 0 bridgehead atoms. The number of nitrogens with two attached hydrogens (primary N) is 1. The molecule has 0 radical (unpaired) electrons. The third kappa shape index (κ3) is 2.31. The van der Waals surface area contributed by atoms with E-state index in [4.69, 9.17) is 10.5 Å². The van der Waals surface area contributed by atoms with E-state index in [0.717, 1.165) is 0 Å². The summed E-state index contributed by atoms with van der Waals surface area (Å²) in [6.45, 7) is 2.49. The fourth-order valence-corrected chi connectivity index (χ4v) is 2.72. The molecule has 3 amide bonds. The van der Waals surface area contributed by atoms with Crippen molar-refractivity contribution in [2.75, 3.05) is 26.3 Å². The lowest BCUT2D eigenvalue weighted by molar-refractivity contribution is -0.147. The molecule has 20 heavy (non-hydrogen) atoms. The van der Waals surface area contributed by atoms with E-state index >= 15 is 0 Å². The average molecular weight is 285 g/mol. The number of carbonyl (C=O) groups excluding carboxylic acids is 2. The molecule has 2 aliphatic heterocycles. The van der Waals surface area contributed by atoms with Crippen molar-refractivity contribution in [2.24, 2.45) is 5.73 Å². The number of morpholine rings is 1. The maximum absolute atomic E-state index is 12.6. The van der Waals surface area contributed by atoms with Gasteiger partial charge in [0.1, 0.15) is 11.6 Å². The molecule has 2 atom stereocenters. The average Bonchev–Trinajstić information content (AvgIpc) is 2.81. The largest absolute Gasteiger partial charge is 0.480 e. The van der Waals surface area contributed by atoms with Crippen LogP contribution in [0.4, 0.5) is 4.79 Å². The Labute approximate surface area is 116 Å². The number of hydrogen-bond donors (Lipinski definition) is 2. The highest BCUT2D eigenvalue weighted by Gasteiger charge is 2.48. The molecule has 8 heteroatoms. The van der Waals surface area contributed by atoms with Gasteiger partial charge in [-0.15, -0.1) is 0 Å². The summed E-state index contributed by atoms with van der Waals surface area (Å²) in [6.07, 6.45) is 1.03. The van der Waals surface area contributed by atoms with Gasteiger partial charge in [-0.25, -0.2) is 9.59 Å². The number of urea groups is 1. The van der Waals surface area contributed by atoms with E-state index in [1.165, 1.54) is 16.7 Å². The van der Waals surface area contributed by atoms with Crippen LogP contribution in [0.15, 0.2) is 0 Å². The molecule has 2 unspecified atom stereocenters. The Morgan fingerprint density at radius 2 is 2.05 bits per heavy atom. The third-order valence-electron chi connectivity index (χ3n) is 4.04. The summed E-state index contributed by atoms with van der Waals surface area (Å²) in [6, 6.07) is -1.30. The lowest BCUT2D eigenvalue weighted by Gasteiger charge is -2.40. The molecule has 3 N–H and O–H groups in total. The summed E-state index contributed by atoms with van der Waals surface area (Å²) in [7, 11) is 0. The normalized spacial score (nSPS) is 30.4. The summed E-state index contributed by atoms with van der Waals surface area (Å²) in [5.41, 5.74) is 4.05. The minimum absolute atomic E-state index is 0.0543. The maximum atomic E-state index is 12.6. The first-order valence-corrected chi connectivity index (χ1v) is 6.56. The molecular weight excluding hydrogens is 266 g/mol. The Morgan fingerprint density at radius 3 is 2.65 bits per heavy atom. The van der Waals surface area contributed by atoms with Gasteiger partial charge in [-0.05, 0) is 19.8 Å². The van der Waals surface area contributed by atoms with E-state index in [9.17, 15) is 19.5 Å². The van der Waals surface area contributed by atoms with Crippen LogP contribution in [0.5, 0.6) is 0 Å². The molecule has 2 aliphatic rings. The van der Waals surface area contributed by atoms with Gasteiger partial charge in [0.15, 0.2) is 0 Å². The number of ether oxygens (including phenoxy) is 1. The fourth-order valence-electron chi connectivity index (χ4n) is 2.72. The third-order valence-corrected chi connectivity index (χ3v) is 4.04. The summed E-state index contributed by atoms with van der Waals surface area (Å²) >= 11 is 0. The minimum atomic E-state index is -1.22. The molecule has 0 aromatic heterocycles. The quantitative estimate of drug-likeness (QED) is 0.691. The van der Waals surface area contributed by atoms with Crippen LogP contribution in [0.3, 0.4) is 0 Å². The number of primary amides is 1. The number of amides is 3. The first-order valence-electron chi connectivity index (χ1n) is 6.56. The zero-order valence-corrected chi connectivity index (χ0v) is 11.4. The van der Waals surface area contributed by atoms with Gasteiger partial charge in [-0.3, -0.25) is 4.79 Å². The highest BCUT2D eigenvalue weighted by Crippen LogP contribution is 2.31. The predicted octanol–water partition coefficient (Wildman–Crippen LogP) is -0.768. The molecule has 2 fully saturated rings. The molecular formula is C12H19N3O5. The number of carboxylic acid groups (broad SMARTS) is 1. The Kier molecular flexibility index (Phi) is 3.85. The lowest BCUT2D eigenvalue weighted by Crippen LogP contribution is -2.62. The Bertz CT molecular complexity index is 441. The van der Waals surface area contributed by atoms with E-state index in [2.05, 4.69) is 0 Å². The number of likely N-dealkylation sites (tertiary alicyclic amines) is 1. The van der Waals surface area contributed by atoms with Crippen LogP contribution in [-0.2, 0) is 14.3 Å². The highest BCUT2D eigenvalue weighted by atomic mass is 16.5. The van der Waals surface area contributed by atoms with Gasteiger partial charge >= 0.3 is 12.0 Å². The molecule has 2 heterocycles. The summed E-state index contributed by atoms with van der Waals surface area (Å²) in [5, 5.41) is 9.34. The molecule has 0 spiro atoms. The second-order valence-corrected chi connectivity index (χ2v) is 5.30. The summed E-state index contributed by atoms with van der Waals surface area (Å²) in [5.74, 6) is -1.68. The van der Waals surface area contributed by atoms with Gasteiger partial charge in [0.05, 0.1) is 13.2 Å². The van der Waals surface area contributed by atoms with Gasteiger partial charge in [0, 0.05) is 13.1 Å². The van der Waals surface area contributed by atoms with Crippen LogP contribution in [-0.4, -0.2) is 70.7 Å². The Hall–Kier alpha value is -1.83. The molecule has 8 nitrogen and oxygen atoms in total. The summed E-state index contributed by atoms with van der Waals surface area (Å²) in [4.78, 5) is 38.0. The Morgan fingerprint density at radius 1 is 1.35 bits per heavy atom. The predicted molar refractivity (Wildman–Crippen MR) is 67.9 cm³/mol. The molecule has 2 rings (SSSR count). The smallest absolute Gasteiger partial charge is 0.329 e. The summed E-state index contributed by atoms with van der Waals surface area (Å²) < 4.78 is 5.16. The molecule has 0 aromatic rings. The van der Waals surface area contributed by atoms with Crippen molar-refractivity contribution in [1.82, 2.24) is 9.80 Å². The van der Waals surface area contributed by atoms with Crippen LogP contribution in [0.1, 0.15) is 19.8 Å². The van der Waals surface area contributed by atoms with E-state index in [1.54, 1.807) is 0 Å². The highest BCUT2D eigenvalue weighted by molar-refractivity contribution is 5.90. The number of carboxylic acids is 1. The van der Waals surface area contributed by atoms with Crippen molar-refractivity contribution in [3.8, 4) is 0 Å². The van der Waals surface area contributed by atoms with Crippen LogP contribution >= 0.6 is 0 Å². The number of nitrogens with zero attached hydrogens (tertiary/aromatic N) is 2. The van der Waals surface area contributed by atoms with E-state index in [1.807, 2.05) is 0 Å². The van der Waals surface area contributed by atoms with Crippen LogP contribution < -0.4 is 5.73 Å². The lowest BCUT2D eigenvalue weighted by atomic mass is 9.99. The van der Waals surface area contributed by atoms with Crippen molar-refractivity contribution < 1.29 is 24.2 Å². The van der Waals surface area contributed by atoms with Gasteiger partial charge in [0.25, 0.3) is 0 Å². The second-order valence-electron chi connectivity index (χ2n) is 5.30. The molecule has 112 valence electrons. The van der Waals surface area contributed by atoms with Crippen molar-refractivity contribution in [3.05, 3.63) is 0 Å². The SMILES string of the molecule is CC1(C(=O)O)CCCN1C(=O)N1CCOCC1C(N)=O. The van der Waals surface area contributed by atoms with Crippen LogP contribution in [0.25, 0.3) is 0 Å². The van der Waals surface area contributed by atoms with Gasteiger partial charge in [-0.2, -0.15) is 0 Å². The van der Waals surface area contributed by atoms with E-state index < -0.39 is 29.5 Å². The van der Waals surface area contributed by atoms with E-state index in [0.29, 0.717) is 26.0 Å². The van der Waals surface area contributed by atoms with Gasteiger partial charge < -0.3 is 25.4 Å². The number of rotatable bonds is 2. The Balaban J connectivity index is 2.21. The molecule has 0 aliphatic carbocycles. The van der Waals surface area contributed by atoms with Crippen molar-refractivity contribution >= 4 is 17.9 Å². The minimum Gasteiger partial charge on any atom is -0.480 e. The molecule has 0 aromatic carbocycles. The monoisotopic (exact) mass is 285 g/mol. The zero-order chi connectivity index (χ0) is 14.9. The van der Waals surface area contributed by atoms with Crippen LogP contribution in [0, 0.1) is 0 Å². The van der Waals surface area contributed by atoms with Gasteiger partial charge in [0.2, 0.25) is 5.91 Å². The topological polar surface area (TPSA) is 113 Å². The molecule has 2 saturated heterocycles. The van der Waals surface area contributed by atoms with Crippen LogP contribution in [0.2, 0.25) is 0 Å². The van der Waals surface area contributed by atoms with Crippen molar-refractivity contribution in [3.63, 3.8) is 0 Å². The standard InChI is InChI=1S/C12H19N3O5/c1-12(10(17)18)3-2-4-15(12)11(19)14-5-6-20-7-8(14)9(13)16/h8H,2-7H2,1H3,(H2,13,16)(H,17,18). The number of carbonyl (C=O) groups is 3. The first-order chi connectivity index (χ1) is 9.38. The number of hydrogen-bond acceptors (Lipinski definition) is 4.